The lowest BCUT2D eigenvalue weighted by Gasteiger charge is -2.17. The number of carboxylic acids is 1. The molecule has 0 fully saturated rings. The minimum atomic E-state index is -3.75. The van der Waals surface area contributed by atoms with Gasteiger partial charge in [-0.05, 0) is 6.07 Å². The Morgan fingerprint density at radius 3 is 2.72 bits per heavy atom. The van der Waals surface area contributed by atoms with Gasteiger partial charge in [0.15, 0.2) is 0 Å². The molecule has 0 aliphatic carbocycles. The average Bonchev–Trinajstić information content (AvgIpc) is 2.79. The molecule has 0 atom stereocenters. The van der Waals surface area contributed by atoms with Crippen molar-refractivity contribution in [2.24, 2.45) is 0 Å². The fraction of sp³-hybridized carbons (Fsp3) is 0.400. The number of aromatic nitrogens is 1. The third kappa shape index (κ3) is 2.88. The van der Waals surface area contributed by atoms with E-state index in [1.807, 2.05) is 6.07 Å². The molecule has 1 heterocycles. The van der Waals surface area contributed by atoms with Gasteiger partial charge in [-0.2, -0.15) is 9.57 Å². The Balaban J connectivity index is 3.03. The molecule has 0 saturated heterocycles. The van der Waals surface area contributed by atoms with E-state index < -0.39 is 16.0 Å². The monoisotopic (exact) mass is 271 g/mol. The highest BCUT2D eigenvalue weighted by molar-refractivity contribution is 7.89. The third-order valence-corrected chi connectivity index (χ3v) is 4.30. The molecular weight excluding hydrogens is 258 g/mol. The number of nitrogens with one attached hydrogen (secondary N) is 1. The number of rotatable bonds is 6. The van der Waals surface area contributed by atoms with Crippen molar-refractivity contribution < 1.29 is 18.3 Å². The van der Waals surface area contributed by atoms with Gasteiger partial charge in [0.05, 0.1) is 6.07 Å². The van der Waals surface area contributed by atoms with E-state index in [9.17, 15) is 13.2 Å². The molecule has 1 aromatic rings. The van der Waals surface area contributed by atoms with Crippen LogP contribution in [0.2, 0.25) is 0 Å². The van der Waals surface area contributed by atoms with E-state index in [1.165, 1.54) is 0 Å². The van der Waals surface area contributed by atoms with Gasteiger partial charge in [0.25, 0.3) is 0 Å². The topological polar surface area (TPSA) is 114 Å². The fourth-order valence-electron chi connectivity index (χ4n) is 1.42. The van der Waals surface area contributed by atoms with E-state index in [4.69, 9.17) is 10.4 Å². The number of aromatic amines is 1. The van der Waals surface area contributed by atoms with Crippen molar-refractivity contribution in [3.8, 4) is 6.07 Å². The van der Waals surface area contributed by atoms with Gasteiger partial charge in [0, 0.05) is 25.7 Å². The molecule has 0 bridgehead atoms. The lowest BCUT2D eigenvalue weighted by Crippen LogP contribution is -2.31. The van der Waals surface area contributed by atoms with Crippen LogP contribution in [0.3, 0.4) is 0 Å². The van der Waals surface area contributed by atoms with Crippen LogP contribution in [0.5, 0.6) is 0 Å². The first-order valence-corrected chi connectivity index (χ1v) is 6.66. The molecule has 0 amide bonds. The van der Waals surface area contributed by atoms with E-state index in [-0.39, 0.29) is 30.1 Å². The van der Waals surface area contributed by atoms with Crippen LogP contribution in [0.25, 0.3) is 0 Å². The van der Waals surface area contributed by atoms with Crippen LogP contribution in [0, 0.1) is 11.3 Å². The van der Waals surface area contributed by atoms with Crippen molar-refractivity contribution in [3.05, 3.63) is 18.0 Å². The normalized spacial score (nSPS) is 11.4. The minimum absolute atomic E-state index is 0.0862. The van der Waals surface area contributed by atoms with Crippen molar-refractivity contribution in [1.29, 1.82) is 5.26 Å². The third-order valence-electron chi connectivity index (χ3n) is 2.35. The van der Waals surface area contributed by atoms with Gasteiger partial charge >= 0.3 is 5.97 Å². The van der Waals surface area contributed by atoms with Gasteiger partial charge in [-0.25, -0.2) is 13.2 Å². The second kappa shape index (κ2) is 5.66. The summed E-state index contributed by atoms with van der Waals surface area (Å²) in [6, 6.07) is 2.93. The molecule has 8 heteroatoms. The summed E-state index contributed by atoms with van der Waals surface area (Å²) in [4.78, 5) is 12.9. The van der Waals surface area contributed by atoms with Gasteiger partial charge in [0.1, 0.15) is 10.6 Å². The summed E-state index contributed by atoms with van der Waals surface area (Å²) in [5.74, 6) is -1.23. The Morgan fingerprint density at radius 2 is 2.28 bits per heavy atom. The van der Waals surface area contributed by atoms with E-state index in [2.05, 4.69) is 4.98 Å². The zero-order chi connectivity index (χ0) is 13.8. The Bertz CT molecular complexity index is 570. The van der Waals surface area contributed by atoms with Crippen molar-refractivity contribution in [2.75, 3.05) is 13.1 Å². The van der Waals surface area contributed by atoms with Crippen LogP contribution in [-0.4, -0.2) is 41.9 Å². The summed E-state index contributed by atoms with van der Waals surface area (Å²) >= 11 is 0. The molecule has 0 unspecified atom stereocenters. The van der Waals surface area contributed by atoms with Crippen molar-refractivity contribution in [2.45, 2.75) is 18.2 Å². The number of nitrogens with zero attached hydrogens (tertiary/aromatic N) is 2. The van der Waals surface area contributed by atoms with Crippen LogP contribution in [-0.2, 0) is 10.0 Å². The van der Waals surface area contributed by atoms with Crippen LogP contribution in [0.15, 0.2) is 17.2 Å². The molecule has 0 spiro atoms. The number of sulfonamides is 1. The number of hydrogen-bond acceptors (Lipinski definition) is 4. The van der Waals surface area contributed by atoms with E-state index in [0.717, 1.165) is 16.6 Å². The second-order valence-corrected chi connectivity index (χ2v) is 5.40. The molecule has 0 aliphatic heterocycles. The molecule has 98 valence electrons. The molecular formula is C10H13N3O4S. The highest BCUT2D eigenvalue weighted by Gasteiger charge is 2.24. The lowest BCUT2D eigenvalue weighted by atomic mass is 10.4. The van der Waals surface area contributed by atoms with Crippen molar-refractivity contribution in [1.82, 2.24) is 9.29 Å². The van der Waals surface area contributed by atoms with Crippen LogP contribution < -0.4 is 0 Å². The van der Waals surface area contributed by atoms with Crippen molar-refractivity contribution in [3.63, 3.8) is 0 Å². The predicted octanol–water partition coefficient (Wildman–Crippen LogP) is 0.637. The standard InChI is InChI=1S/C10H13N3O4S/c1-2-13(5-3-4-11)18(16,17)8-6-9(10(14)15)12-7-8/h6-7,12H,2-3,5H2,1H3,(H,14,15). The number of carbonyl (C=O) groups is 1. The number of carboxylic acid groups (broad SMARTS) is 1. The van der Waals surface area contributed by atoms with Gasteiger partial charge in [-0.1, -0.05) is 6.92 Å². The highest BCUT2D eigenvalue weighted by atomic mass is 32.2. The number of H-pyrrole nitrogens is 1. The maximum absolute atomic E-state index is 12.1. The molecule has 1 aromatic heterocycles. The Kier molecular flexibility index (Phi) is 4.47. The zero-order valence-corrected chi connectivity index (χ0v) is 10.6. The predicted molar refractivity (Wildman–Crippen MR) is 62.4 cm³/mol. The SMILES string of the molecule is CCN(CCC#N)S(=O)(=O)c1c[nH]c(C(=O)O)c1. The highest BCUT2D eigenvalue weighted by Crippen LogP contribution is 2.16. The smallest absolute Gasteiger partial charge is 0.352 e. The van der Waals surface area contributed by atoms with E-state index in [0.29, 0.717) is 0 Å². The maximum Gasteiger partial charge on any atom is 0.352 e. The molecule has 7 nitrogen and oxygen atoms in total. The summed E-state index contributed by atoms with van der Waals surface area (Å²) in [5.41, 5.74) is -0.190. The quantitative estimate of drug-likeness (QED) is 0.787. The summed E-state index contributed by atoms with van der Waals surface area (Å²) in [7, 11) is -3.75. The number of hydrogen-bond donors (Lipinski definition) is 2. The number of aromatic carboxylic acids is 1. The molecule has 0 saturated carbocycles. The van der Waals surface area contributed by atoms with Crippen LogP contribution in [0.4, 0.5) is 0 Å². The summed E-state index contributed by atoms with van der Waals surface area (Å²) in [6.07, 6.45) is 1.22. The van der Waals surface area contributed by atoms with Gasteiger partial charge < -0.3 is 10.1 Å². The van der Waals surface area contributed by atoms with Crippen LogP contribution >= 0.6 is 0 Å². The first-order chi connectivity index (χ1) is 8.43. The van der Waals surface area contributed by atoms with Gasteiger partial charge in [0.2, 0.25) is 10.0 Å². The van der Waals surface area contributed by atoms with Gasteiger partial charge in [-0.15, -0.1) is 0 Å². The largest absolute Gasteiger partial charge is 0.477 e. The molecule has 0 radical (unpaired) electrons. The molecule has 2 N–H and O–H groups in total. The summed E-state index contributed by atoms with van der Waals surface area (Å²) < 4.78 is 25.3. The van der Waals surface area contributed by atoms with Crippen LogP contribution in [0.1, 0.15) is 23.8 Å². The second-order valence-electron chi connectivity index (χ2n) is 3.46. The first kappa shape index (κ1) is 14.2. The Morgan fingerprint density at radius 1 is 1.61 bits per heavy atom. The number of nitriles is 1. The van der Waals surface area contributed by atoms with E-state index >= 15 is 0 Å². The maximum atomic E-state index is 12.1. The van der Waals surface area contributed by atoms with E-state index in [1.54, 1.807) is 6.92 Å². The molecule has 1 rings (SSSR count). The lowest BCUT2D eigenvalue weighted by molar-refractivity contribution is 0.0691. The van der Waals surface area contributed by atoms with Crippen molar-refractivity contribution >= 4 is 16.0 Å². The fourth-order valence-corrected chi connectivity index (χ4v) is 2.86. The molecule has 0 aliphatic rings. The Hall–Kier alpha value is -1.85. The minimum Gasteiger partial charge on any atom is -0.477 e. The first-order valence-electron chi connectivity index (χ1n) is 5.22. The molecule has 18 heavy (non-hydrogen) atoms. The zero-order valence-electron chi connectivity index (χ0n) is 9.75. The summed E-state index contributed by atoms with van der Waals surface area (Å²) in [6.45, 7) is 1.96. The molecule has 0 aromatic carbocycles. The van der Waals surface area contributed by atoms with Gasteiger partial charge in [-0.3, -0.25) is 0 Å². The summed E-state index contributed by atoms with van der Waals surface area (Å²) in [5, 5.41) is 17.2. The average molecular weight is 271 g/mol. The Labute approximate surface area is 105 Å².